The standard InChI is InChI=1S/C24H31ClN2O3/c25-21-8-9-22-20(7-5-18(26-22)4-6-19(29)14-28)24(21)27-23(30)13-17-11-15-2-1-3-16(10-15)12-17/h5,7-9,15-17,19,28-29H,1-4,6,10-14H2,(H,27,30)/t15?,16?,17?,19-/m1/s1. The smallest absolute Gasteiger partial charge is 0.224 e. The molecule has 0 radical (unpaired) electrons. The molecule has 1 aromatic heterocycles. The van der Waals surface area contributed by atoms with Gasteiger partial charge in [-0.15, -0.1) is 0 Å². The number of aliphatic hydroxyl groups excluding tert-OH is 2. The van der Waals surface area contributed by atoms with Gasteiger partial charge in [0.25, 0.3) is 0 Å². The second-order valence-electron chi connectivity index (χ2n) is 9.16. The Balaban J connectivity index is 1.45. The molecular weight excluding hydrogens is 400 g/mol. The van der Waals surface area contributed by atoms with Crippen LogP contribution in [0, 0.1) is 17.8 Å². The van der Waals surface area contributed by atoms with Crippen molar-refractivity contribution in [2.24, 2.45) is 17.8 Å². The fourth-order valence-electron chi connectivity index (χ4n) is 5.38. The largest absolute Gasteiger partial charge is 0.394 e. The van der Waals surface area contributed by atoms with Crippen molar-refractivity contribution in [2.75, 3.05) is 11.9 Å². The van der Waals surface area contributed by atoms with Crippen molar-refractivity contribution in [1.82, 2.24) is 4.98 Å². The van der Waals surface area contributed by atoms with E-state index in [1.165, 1.54) is 38.5 Å². The van der Waals surface area contributed by atoms with Crippen LogP contribution in [0.4, 0.5) is 5.69 Å². The van der Waals surface area contributed by atoms with Gasteiger partial charge in [-0.3, -0.25) is 9.78 Å². The van der Waals surface area contributed by atoms with Crippen LogP contribution in [0.5, 0.6) is 0 Å². The normalized spacial score (nSPS) is 24.6. The molecule has 2 bridgehead atoms. The first-order valence-electron chi connectivity index (χ1n) is 11.2. The number of carbonyl (C=O) groups is 1. The van der Waals surface area contributed by atoms with E-state index in [1.807, 2.05) is 18.2 Å². The molecule has 2 fully saturated rings. The summed E-state index contributed by atoms with van der Waals surface area (Å²) in [4.78, 5) is 17.5. The Labute approximate surface area is 182 Å². The second-order valence-corrected chi connectivity index (χ2v) is 9.56. The number of amides is 1. The molecule has 1 amide bonds. The van der Waals surface area contributed by atoms with E-state index >= 15 is 0 Å². The van der Waals surface area contributed by atoms with E-state index in [2.05, 4.69) is 10.3 Å². The summed E-state index contributed by atoms with van der Waals surface area (Å²) in [5.41, 5.74) is 2.23. The molecule has 3 atom stereocenters. The summed E-state index contributed by atoms with van der Waals surface area (Å²) in [5.74, 6) is 2.13. The number of hydrogen-bond donors (Lipinski definition) is 3. The highest BCUT2D eigenvalue weighted by atomic mass is 35.5. The number of aromatic nitrogens is 1. The number of aryl methyl sites for hydroxylation is 1. The van der Waals surface area contributed by atoms with E-state index in [0.717, 1.165) is 28.4 Å². The summed E-state index contributed by atoms with van der Waals surface area (Å²) in [6, 6.07) is 7.43. The Morgan fingerprint density at radius 1 is 1.17 bits per heavy atom. The predicted molar refractivity (Wildman–Crippen MR) is 120 cm³/mol. The van der Waals surface area contributed by atoms with E-state index in [1.54, 1.807) is 6.07 Å². The Morgan fingerprint density at radius 3 is 2.67 bits per heavy atom. The van der Waals surface area contributed by atoms with Crippen molar-refractivity contribution in [3.8, 4) is 0 Å². The number of rotatable bonds is 7. The summed E-state index contributed by atoms with van der Waals surface area (Å²) in [6.45, 7) is -0.248. The number of benzene rings is 1. The molecule has 1 aromatic carbocycles. The van der Waals surface area contributed by atoms with Crippen molar-refractivity contribution in [2.45, 2.75) is 63.9 Å². The van der Waals surface area contributed by atoms with Gasteiger partial charge in [0.1, 0.15) is 0 Å². The summed E-state index contributed by atoms with van der Waals surface area (Å²) in [7, 11) is 0. The van der Waals surface area contributed by atoms with Crippen molar-refractivity contribution in [1.29, 1.82) is 0 Å². The van der Waals surface area contributed by atoms with Crippen molar-refractivity contribution >= 4 is 34.1 Å². The molecule has 4 rings (SSSR count). The molecule has 2 saturated carbocycles. The minimum absolute atomic E-state index is 0.0320. The Hall–Kier alpha value is -1.69. The summed E-state index contributed by atoms with van der Waals surface area (Å²) < 4.78 is 0. The molecule has 2 aromatic rings. The SMILES string of the molecule is O=C(CC1CC2CCCC(C2)C1)Nc1c(Cl)ccc2nc(CC[C@@H](O)CO)ccc12. The lowest BCUT2D eigenvalue weighted by Gasteiger charge is -2.38. The molecule has 2 aliphatic rings. The molecule has 5 nitrogen and oxygen atoms in total. The number of fused-ring (bicyclic) bond motifs is 3. The monoisotopic (exact) mass is 430 g/mol. The number of nitrogens with zero attached hydrogens (tertiary/aromatic N) is 1. The van der Waals surface area contributed by atoms with Gasteiger partial charge in [-0.2, -0.15) is 0 Å². The zero-order chi connectivity index (χ0) is 21.1. The lowest BCUT2D eigenvalue weighted by molar-refractivity contribution is -0.117. The van der Waals surface area contributed by atoms with Crippen LogP contribution < -0.4 is 5.32 Å². The summed E-state index contributed by atoms with van der Waals surface area (Å²) in [6.07, 6.45) is 8.58. The molecule has 30 heavy (non-hydrogen) atoms. The highest BCUT2D eigenvalue weighted by molar-refractivity contribution is 6.35. The van der Waals surface area contributed by atoms with Crippen LogP contribution in [0.2, 0.25) is 5.02 Å². The van der Waals surface area contributed by atoms with Crippen LogP contribution in [0.1, 0.15) is 57.1 Å². The van der Waals surface area contributed by atoms with E-state index in [4.69, 9.17) is 16.7 Å². The van der Waals surface area contributed by atoms with Gasteiger partial charge in [0, 0.05) is 17.5 Å². The van der Waals surface area contributed by atoms with E-state index in [-0.39, 0.29) is 12.5 Å². The van der Waals surface area contributed by atoms with Crippen LogP contribution in [0.25, 0.3) is 10.9 Å². The fourth-order valence-corrected chi connectivity index (χ4v) is 5.59. The van der Waals surface area contributed by atoms with Gasteiger partial charge >= 0.3 is 0 Å². The van der Waals surface area contributed by atoms with Gasteiger partial charge in [-0.05, 0) is 74.1 Å². The van der Waals surface area contributed by atoms with Gasteiger partial charge in [0.2, 0.25) is 5.91 Å². The van der Waals surface area contributed by atoms with Crippen molar-refractivity contribution < 1.29 is 15.0 Å². The lowest BCUT2D eigenvalue weighted by atomic mass is 9.67. The molecule has 162 valence electrons. The first-order valence-corrected chi connectivity index (χ1v) is 11.6. The Kier molecular flexibility index (Phi) is 6.91. The highest BCUT2D eigenvalue weighted by Crippen LogP contribution is 2.43. The average Bonchev–Trinajstić information content (AvgIpc) is 2.73. The van der Waals surface area contributed by atoms with Gasteiger partial charge < -0.3 is 15.5 Å². The summed E-state index contributed by atoms with van der Waals surface area (Å²) in [5, 5.41) is 22.9. The molecule has 3 N–H and O–H groups in total. The quantitative estimate of drug-likeness (QED) is 0.593. The van der Waals surface area contributed by atoms with Crippen LogP contribution >= 0.6 is 11.6 Å². The van der Waals surface area contributed by atoms with Crippen LogP contribution in [0.3, 0.4) is 0 Å². The molecule has 2 aliphatic carbocycles. The van der Waals surface area contributed by atoms with Gasteiger partial charge in [0.15, 0.2) is 0 Å². The Morgan fingerprint density at radius 2 is 1.93 bits per heavy atom. The molecule has 1 heterocycles. The third kappa shape index (κ3) is 5.13. The maximum Gasteiger partial charge on any atom is 0.224 e. The number of carbonyl (C=O) groups excluding carboxylic acids is 1. The number of aliphatic hydroxyl groups is 2. The first kappa shape index (κ1) is 21.5. The summed E-state index contributed by atoms with van der Waals surface area (Å²) >= 11 is 6.43. The lowest BCUT2D eigenvalue weighted by Crippen LogP contribution is -2.29. The minimum atomic E-state index is -0.734. The molecule has 0 spiro atoms. The number of nitrogens with one attached hydrogen (secondary N) is 1. The van der Waals surface area contributed by atoms with E-state index < -0.39 is 6.10 Å². The third-order valence-corrected chi connectivity index (χ3v) is 7.10. The third-order valence-electron chi connectivity index (χ3n) is 6.79. The maximum atomic E-state index is 12.8. The van der Waals surface area contributed by atoms with Gasteiger partial charge in [-0.25, -0.2) is 0 Å². The number of anilines is 1. The van der Waals surface area contributed by atoms with Crippen molar-refractivity contribution in [3.63, 3.8) is 0 Å². The molecule has 0 saturated heterocycles. The average molecular weight is 431 g/mol. The van der Waals surface area contributed by atoms with Crippen molar-refractivity contribution in [3.05, 3.63) is 35.0 Å². The van der Waals surface area contributed by atoms with Crippen LogP contribution in [-0.4, -0.2) is 33.8 Å². The first-order chi connectivity index (χ1) is 14.5. The van der Waals surface area contributed by atoms with E-state index in [9.17, 15) is 9.90 Å². The predicted octanol–water partition coefficient (Wildman–Crippen LogP) is 4.72. The van der Waals surface area contributed by atoms with Crippen LogP contribution in [-0.2, 0) is 11.2 Å². The number of pyridine rings is 1. The molecule has 6 heteroatoms. The second kappa shape index (κ2) is 9.63. The zero-order valence-electron chi connectivity index (χ0n) is 17.3. The van der Waals surface area contributed by atoms with Gasteiger partial charge in [0.05, 0.1) is 28.9 Å². The Bertz CT molecular complexity index is 891. The maximum absolute atomic E-state index is 12.8. The zero-order valence-corrected chi connectivity index (χ0v) is 18.1. The topological polar surface area (TPSA) is 82.5 Å². The minimum Gasteiger partial charge on any atom is -0.394 e. The van der Waals surface area contributed by atoms with E-state index in [0.29, 0.717) is 35.9 Å². The number of halogens is 1. The molecular formula is C24H31ClN2O3. The van der Waals surface area contributed by atoms with Gasteiger partial charge in [-0.1, -0.05) is 30.9 Å². The number of hydrogen-bond acceptors (Lipinski definition) is 4. The fraction of sp³-hybridized carbons (Fsp3) is 0.583. The molecule has 2 unspecified atom stereocenters. The highest BCUT2D eigenvalue weighted by Gasteiger charge is 2.32. The molecule has 0 aliphatic heterocycles. The van der Waals surface area contributed by atoms with Crippen LogP contribution in [0.15, 0.2) is 24.3 Å².